The highest BCUT2D eigenvalue weighted by atomic mass is 32.1. The van der Waals surface area contributed by atoms with E-state index in [1.165, 1.54) is 23.5 Å². The summed E-state index contributed by atoms with van der Waals surface area (Å²) < 4.78 is 12.9. The van der Waals surface area contributed by atoms with E-state index in [0.717, 1.165) is 17.1 Å². The number of nitrogens with two attached hydrogens (primary N) is 1. The Bertz CT molecular complexity index is 582. The van der Waals surface area contributed by atoms with Crippen LogP contribution in [0.25, 0.3) is 0 Å². The fourth-order valence-electron chi connectivity index (χ4n) is 1.88. The second-order valence-electron chi connectivity index (χ2n) is 4.23. The fourth-order valence-corrected chi connectivity index (χ4v) is 2.81. The van der Waals surface area contributed by atoms with Gasteiger partial charge in [-0.05, 0) is 43.3 Å². The van der Waals surface area contributed by atoms with Crippen LogP contribution in [0.4, 0.5) is 10.1 Å². The molecular weight excluding hydrogens is 277 g/mol. The maximum Gasteiger partial charge on any atom is 0.275 e. The molecule has 0 atom stereocenters. The molecule has 0 aliphatic rings. The van der Waals surface area contributed by atoms with Crippen LogP contribution < -0.4 is 16.2 Å². The molecule has 106 valence electrons. The van der Waals surface area contributed by atoms with Gasteiger partial charge in [0.15, 0.2) is 0 Å². The third-order valence-corrected chi connectivity index (χ3v) is 4.01. The molecule has 0 spiro atoms. The molecule has 20 heavy (non-hydrogen) atoms. The van der Waals surface area contributed by atoms with Gasteiger partial charge in [0.25, 0.3) is 5.91 Å². The first-order chi connectivity index (χ1) is 9.63. The number of rotatable bonds is 5. The zero-order valence-corrected chi connectivity index (χ0v) is 11.9. The van der Waals surface area contributed by atoms with Gasteiger partial charge in [0.1, 0.15) is 5.82 Å². The Morgan fingerprint density at radius 3 is 2.60 bits per heavy atom. The Morgan fingerprint density at radius 2 is 2.00 bits per heavy atom. The summed E-state index contributed by atoms with van der Waals surface area (Å²) >= 11 is 1.40. The van der Waals surface area contributed by atoms with Crippen LogP contribution in [-0.4, -0.2) is 12.5 Å². The number of carbonyl (C=O) groups is 1. The van der Waals surface area contributed by atoms with Crippen LogP contribution in [0.5, 0.6) is 0 Å². The number of benzene rings is 1. The van der Waals surface area contributed by atoms with Gasteiger partial charge >= 0.3 is 0 Å². The first-order valence-electron chi connectivity index (χ1n) is 6.24. The van der Waals surface area contributed by atoms with E-state index in [0.29, 0.717) is 11.4 Å². The van der Waals surface area contributed by atoms with Crippen LogP contribution in [0.15, 0.2) is 36.4 Å². The summed E-state index contributed by atoms with van der Waals surface area (Å²) in [6, 6.07) is 10.0. The van der Waals surface area contributed by atoms with Gasteiger partial charge in [0, 0.05) is 17.1 Å². The van der Waals surface area contributed by atoms with Crippen LogP contribution in [-0.2, 0) is 6.54 Å². The third-order valence-electron chi connectivity index (χ3n) is 2.94. The lowest BCUT2D eigenvalue weighted by Crippen LogP contribution is -2.29. The molecule has 0 saturated heterocycles. The van der Waals surface area contributed by atoms with Crippen molar-refractivity contribution in [2.24, 2.45) is 5.84 Å². The third kappa shape index (κ3) is 3.34. The summed E-state index contributed by atoms with van der Waals surface area (Å²) in [6.07, 6.45) is 0. The van der Waals surface area contributed by atoms with Crippen molar-refractivity contribution in [1.29, 1.82) is 0 Å². The molecule has 4 nitrogen and oxygen atoms in total. The minimum Gasteiger partial charge on any atom is -0.367 e. The molecule has 2 aromatic rings. The SMILES string of the molecule is CCN(Cc1ccc(C(=O)NN)s1)c1ccc(F)cc1. The summed E-state index contributed by atoms with van der Waals surface area (Å²) in [7, 11) is 0. The molecule has 6 heteroatoms. The van der Waals surface area contributed by atoms with Crippen molar-refractivity contribution in [2.45, 2.75) is 13.5 Å². The molecule has 3 N–H and O–H groups in total. The lowest BCUT2D eigenvalue weighted by molar-refractivity contribution is 0.0957. The van der Waals surface area contributed by atoms with Crippen LogP contribution in [0.3, 0.4) is 0 Å². The normalized spacial score (nSPS) is 10.3. The number of amides is 1. The zero-order chi connectivity index (χ0) is 14.5. The quantitative estimate of drug-likeness (QED) is 0.506. The standard InChI is InChI=1S/C14H16FN3OS/c1-2-18(11-5-3-10(15)4-6-11)9-12-7-8-13(20-12)14(19)17-16/h3-8H,2,9,16H2,1H3,(H,17,19). The van der Waals surface area contributed by atoms with Gasteiger partial charge in [-0.15, -0.1) is 11.3 Å². The number of halogens is 1. The molecule has 1 aromatic carbocycles. The van der Waals surface area contributed by atoms with Crippen molar-refractivity contribution in [1.82, 2.24) is 5.43 Å². The second-order valence-corrected chi connectivity index (χ2v) is 5.40. The lowest BCUT2D eigenvalue weighted by Gasteiger charge is -2.22. The van der Waals surface area contributed by atoms with Crippen LogP contribution in [0.1, 0.15) is 21.5 Å². The van der Waals surface area contributed by atoms with E-state index in [4.69, 9.17) is 5.84 Å². The minimum atomic E-state index is -0.286. The Balaban J connectivity index is 2.12. The van der Waals surface area contributed by atoms with E-state index in [9.17, 15) is 9.18 Å². The molecule has 0 unspecified atom stereocenters. The van der Waals surface area contributed by atoms with Gasteiger partial charge in [0.2, 0.25) is 0 Å². The van der Waals surface area contributed by atoms with Crippen molar-refractivity contribution in [3.05, 3.63) is 52.0 Å². The summed E-state index contributed by atoms with van der Waals surface area (Å²) in [5, 5.41) is 0. The highest BCUT2D eigenvalue weighted by molar-refractivity contribution is 7.14. The minimum absolute atomic E-state index is 0.247. The molecule has 1 amide bonds. The summed E-state index contributed by atoms with van der Waals surface area (Å²) in [6.45, 7) is 3.50. The van der Waals surface area contributed by atoms with E-state index < -0.39 is 0 Å². The van der Waals surface area contributed by atoms with Gasteiger partial charge in [-0.2, -0.15) is 0 Å². The number of hydrogen-bond acceptors (Lipinski definition) is 4. The number of anilines is 1. The topological polar surface area (TPSA) is 58.4 Å². The van der Waals surface area contributed by atoms with Crippen molar-refractivity contribution >= 4 is 22.9 Å². The first-order valence-corrected chi connectivity index (χ1v) is 7.06. The van der Waals surface area contributed by atoms with Crippen molar-refractivity contribution in [3.63, 3.8) is 0 Å². The Hall–Kier alpha value is -1.92. The second kappa shape index (κ2) is 6.49. The van der Waals surface area contributed by atoms with Crippen LogP contribution >= 0.6 is 11.3 Å². The van der Waals surface area contributed by atoms with Gasteiger partial charge in [-0.1, -0.05) is 0 Å². The zero-order valence-electron chi connectivity index (χ0n) is 11.1. The predicted molar refractivity (Wildman–Crippen MR) is 79.1 cm³/mol. The van der Waals surface area contributed by atoms with Crippen molar-refractivity contribution in [3.8, 4) is 0 Å². The Morgan fingerprint density at radius 1 is 1.30 bits per heavy atom. The smallest absolute Gasteiger partial charge is 0.275 e. The molecule has 0 fully saturated rings. The Kier molecular flexibility index (Phi) is 4.70. The summed E-state index contributed by atoms with van der Waals surface area (Å²) in [5.74, 6) is 4.57. The van der Waals surface area contributed by atoms with E-state index in [2.05, 4.69) is 10.3 Å². The molecule has 0 aliphatic heterocycles. The molecule has 0 saturated carbocycles. The maximum absolute atomic E-state index is 12.9. The number of nitrogens with zero attached hydrogens (tertiary/aromatic N) is 1. The number of hydrazine groups is 1. The molecule has 0 bridgehead atoms. The van der Waals surface area contributed by atoms with E-state index in [1.807, 2.05) is 13.0 Å². The monoisotopic (exact) mass is 293 g/mol. The van der Waals surface area contributed by atoms with Gasteiger partial charge in [-0.25, -0.2) is 10.2 Å². The van der Waals surface area contributed by atoms with Gasteiger partial charge in [0.05, 0.1) is 11.4 Å². The van der Waals surface area contributed by atoms with E-state index >= 15 is 0 Å². The van der Waals surface area contributed by atoms with Gasteiger partial charge < -0.3 is 4.90 Å². The maximum atomic E-state index is 12.9. The van der Waals surface area contributed by atoms with Crippen LogP contribution in [0.2, 0.25) is 0 Å². The summed E-state index contributed by atoms with van der Waals surface area (Å²) in [5.41, 5.74) is 3.07. The molecule has 1 aromatic heterocycles. The lowest BCUT2D eigenvalue weighted by atomic mass is 10.2. The number of nitrogens with one attached hydrogen (secondary N) is 1. The van der Waals surface area contributed by atoms with E-state index in [-0.39, 0.29) is 11.7 Å². The Labute approximate surface area is 121 Å². The molecular formula is C14H16FN3OS. The first kappa shape index (κ1) is 14.5. The highest BCUT2D eigenvalue weighted by Gasteiger charge is 2.11. The summed E-state index contributed by atoms with van der Waals surface area (Å²) in [4.78, 5) is 15.1. The highest BCUT2D eigenvalue weighted by Crippen LogP contribution is 2.22. The molecule has 2 rings (SSSR count). The fraction of sp³-hybridized carbons (Fsp3) is 0.214. The molecule has 0 aliphatic carbocycles. The number of carbonyl (C=O) groups excluding carboxylic acids is 1. The van der Waals surface area contributed by atoms with E-state index in [1.54, 1.807) is 18.2 Å². The molecule has 0 radical (unpaired) electrons. The average Bonchev–Trinajstić information content (AvgIpc) is 2.93. The van der Waals surface area contributed by atoms with Gasteiger partial charge in [-0.3, -0.25) is 10.2 Å². The van der Waals surface area contributed by atoms with Crippen molar-refractivity contribution in [2.75, 3.05) is 11.4 Å². The van der Waals surface area contributed by atoms with Crippen LogP contribution in [0, 0.1) is 5.82 Å². The largest absolute Gasteiger partial charge is 0.367 e. The molecule has 1 heterocycles. The number of nitrogen functional groups attached to an aromatic ring is 1. The number of thiophene rings is 1. The predicted octanol–water partition coefficient (Wildman–Crippen LogP) is 2.52. The van der Waals surface area contributed by atoms with Crippen molar-refractivity contribution < 1.29 is 9.18 Å². The average molecular weight is 293 g/mol. The number of hydrogen-bond donors (Lipinski definition) is 2.